The van der Waals surface area contributed by atoms with Crippen molar-refractivity contribution in [3.63, 3.8) is 0 Å². The Morgan fingerprint density at radius 3 is 2.20 bits per heavy atom. The molecule has 7 rings (SSSR count). The molecule has 260 valence electrons. The molecule has 2 aliphatic heterocycles. The van der Waals surface area contributed by atoms with Crippen molar-refractivity contribution in [3.8, 4) is 0 Å². The Labute approximate surface area is 298 Å². The van der Waals surface area contributed by atoms with Crippen LogP contribution in [0.3, 0.4) is 0 Å². The minimum atomic E-state index is -4.13. The van der Waals surface area contributed by atoms with Gasteiger partial charge in [-0.1, -0.05) is 117 Å². The van der Waals surface area contributed by atoms with Crippen LogP contribution < -0.4 is 0 Å². The van der Waals surface area contributed by atoms with Crippen molar-refractivity contribution in [3.05, 3.63) is 157 Å². The van der Waals surface area contributed by atoms with Gasteiger partial charge in [-0.15, -0.1) is 6.58 Å². The number of benzene rings is 4. The lowest BCUT2D eigenvalue weighted by atomic mass is 9.61. The van der Waals surface area contributed by atoms with Gasteiger partial charge in [-0.25, -0.2) is 12.4 Å². The van der Waals surface area contributed by atoms with Gasteiger partial charge in [-0.05, 0) is 47.4 Å². The quantitative estimate of drug-likeness (QED) is 0.0802. The van der Waals surface area contributed by atoms with E-state index in [4.69, 9.17) is 9.47 Å². The zero-order chi connectivity index (χ0) is 35.8. The fourth-order valence-corrected chi connectivity index (χ4v) is 9.63. The van der Waals surface area contributed by atoms with Gasteiger partial charge in [0.2, 0.25) is 5.91 Å². The van der Waals surface area contributed by atoms with E-state index >= 15 is 9.59 Å². The summed E-state index contributed by atoms with van der Waals surface area (Å²) in [6.07, 6.45) is 3.00. The van der Waals surface area contributed by atoms with E-state index in [1.807, 2.05) is 79.7 Å². The molecule has 8 nitrogen and oxygen atoms in total. The highest BCUT2D eigenvalue weighted by molar-refractivity contribution is 7.90. The fraction of sp³-hybridized carbons (Fsp3) is 0.238. The Morgan fingerprint density at radius 2 is 1.55 bits per heavy atom. The highest BCUT2D eigenvalue weighted by Crippen LogP contribution is 2.53. The number of piperidine rings is 1. The molecule has 0 unspecified atom stereocenters. The number of amides is 1. The molecule has 0 saturated carbocycles. The minimum absolute atomic E-state index is 0.0458. The van der Waals surface area contributed by atoms with E-state index < -0.39 is 45.5 Å². The Morgan fingerprint density at radius 1 is 0.922 bits per heavy atom. The minimum Gasteiger partial charge on any atom is -0.460 e. The molecule has 51 heavy (non-hydrogen) atoms. The lowest BCUT2D eigenvalue weighted by Crippen LogP contribution is -2.64. The Bertz CT molecular complexity index is 2200. The van der Waals surface area contributed by atoms with E-state index in [1.54, 1.807) is 53.4 Å². The van der Waals surface area contributed by atoms with E-state index in [9.17, 15) is 8.42 Å². The van der Waals surface area contributed by atoms with E-state index in [2.05, 4.69) is 13.2 Å². The van der Waals surface area contributed by atoms with Crippen LogP contribution in [-0.4, -0.2) is 42.0 Å². The van der Waals surface area contributed by atoms with E-state index in [1.165, 1.54) is 10.0 Å². The number of hydrogen-bond donors (Lipinski definition) is 0. The normalized spacial score (nSPS) is 23.2. The van der Waals surface area contributed by atoms with Crippen molar-refractivity contribution in [1.82, 2.24) is 8.87 Å². The molecule has 0 aliphatic carbocycles. The summed E-state index contributed by atoms with van der Waals surface area (Å²) in [4.78, 5) is 32.4. The van der Waals surface area contributed by atoms with Gasteiger partial charge in [0.25, 0.3) is 10.0 Å². The van der Waals surface area contributed by atoms with E-state index in [0.29, 0.717) is 22.9 Å². The number of ether oxygens (including phenoxy) is 2. The van der Waals surface area contributed by atoms with Crippen LogP contribution in [0.5, 0.6) is 0 Å². The van der Waals surface area contributed by atoms with Crippen LogP contribution in [0.25, 0.3) is 17.0 Å². The predicted octanol–water partition coefficient (Wildman–Crippen LogP) is 7.56. The van der Waals surface area contributed by atoms with Crippen molar-refractivity contribution in [2.45, 2.75) is 43.5 Å². The van der Waals surface area contributed by atoms with Crippen LogP contribution in [0.15, 0.2) is 139 Å². The van der Waals surface area contributed by atoms with Crippen molar-refractivity contribution in [2.24, 2.45) is 17.3 Å². The Balaban J connectivity index is 1.45. The summed E-state index contributed by atoms with van der Waals surface area (Å²) in [5.74, 6) is -2.16. The maximum absolute atomic E-state index is 15.5. The number of nitrogens with zero attached hydrogens (tertiary/aromatic N) is 2. The second-order valence-corrected chi connectivity index (χ2v) is 14.9. The number of para-hydroxylation sites is 1. The standard InChI is InChI=1S/C42H40N2O6S/c1-4-32-35(5-2)42(41(46)50-27-29-18-10-7-11-19-29,40(45)43-38(28-49-39(32)43)30-20-12-8-13-21-30)26-34-33-24-16-17-25-37(33)44(36(34)6-3)51(47,48)31-22-14-9-15-23-31/h5-25,32,35,38-39H,2-4,26-28H2,1H3/t32-,35+,38-,39+,42+/m0/s1. The molecular weight excluding hydrogens is 661 g/mol. The molecule has 1 aromatic heterocycles. The Hall–Kier alpha value is -5.25. The lowest BCUT2D eigenvalue weighted by Gasteiger charge is -2.51. The predicted molar refractivity (Wildman–Crippen MR) is 197 cm³/mol. The summed E-state index contributed by atoms with van der Waals surface area (Å²) < 4.78 is 42.5. The number of carbonyl (C=O) groups is 2. The van der Waals surface area contributed by atoms with Gasteiger partial charge < -0.3 is 14.4 Å². The fourth-order valence-electron chi connectivity index (χ4n) is 8.06. The van der Waals surface area contributed by atoms with Crippen LogP contribution in [0.1, 0.15) is 41.8 Å². The summed E-state index contributed by atoms with van der Waals surface area (Å²) in [6.45, 7) is 10.5. The number of carbonyl (C=O) groups excluding carboxylic acids is 2. The first-order valence-corrected chi connectivity index (χ1v) is 18.6. The molecule has 0 spiro atoms. The summed E-state index contributed by atoms with van der Waals surface area (Å²) in [6, 6.07) is 33.8. The molecule has 0 N–H and O–H groups in total. The van der Waals surface area contributed by atoms with Crippen molar-refractivity contribution in [1.29, 1.82) is 0 Å². The number of rotatable bonds is 11. The van der Waals surface area contributed by atoms with Gasteiger partial charge in [0.15, 0.2) is 5.41 Å². The molecule has 5 aromatic rings. The van der Waals surface area contributed by atoms with Gasteiger partial charge in [0, 0.05) is 23.6 Å². The smallest absolute Gasteiger partial charge is 0.322 e. The monoisotopic (exact) mass is 700 g/mol. The number of hydrogen-bond acceptors (Lipinski definition) is 6. The molecule has 2 saturated heterocycles. The van der Waals surface area contributed by atoms with Crippen LogP contribution in [-0.2, 0) is 42.1 Å². The first-order chi connectivity index (χ1) is 24.8. The molecule has 9 heteroatoms. The number of aromatic nitrogens is 1. The topological polar surface area (TPSA) is 94.9 Å². The molecule has 3 heterocycles. The van der Waals surface area contributed by atoms with E-state index in [-0.39, 0.29) is 36.1 Å². The largest absolute Gasteiger partial charge is 0.460 e. The maximum Gasteiger partial charge on any atom is 0.322 e. The molecule has 0 radical (unpaired) electrons. The van der Waals surface area contributed by atoms with Crippen LogP contribution in [0.2, 0.25) is 0 Å². The molecule has 4 aromatic carbocycles. The number of esters is 1. The van der Waals surface area contributed by atoms with Crippen molar-refractivity contribution < 1.29 is 27.5 Å². The van der Waals surface area contributed by atoms with Crippen LogP contribution >= 0.6 is 0 Å². The summed E-state index contributed by atoms with van der Waals surface area (Å²) >= 11 is 0. The number of allylic oxidation sites excluding steroid dienone is 1. The molecule has 2 fully saturated rings. The molecular formula is C42H40N2O6S. The second-order valence-electron chi connectivity index (χ2n) is 13.1. The van der Waals surface area contributed by atoms with Gasteiger partial charge in [-0.2, -0.15) is 0 Å². The summed E-state index contributed by atoms with van der Waals surface area (Å²) in [5, 5.41) is 0.588. The van der Waals surface area contributed by atoms with Gasteiger partial charge in [0.1, 0.15) is 12.8 Å². The first-order valence-electron chi connectivity index (χ1n) is 17.2. The average molecular weight is 701 g/mol. The van der Waals surface area contributed by atoms with E-state index in [0.717, 1.165) is 11.1 Å². The van der Waals surface area contributed by atoms with Crippen molar-refractivity contribution in [2.75, 3.05) is 6.61 Å². The first kappa shape index (κ1) is 34.2. The van der Waals surface area contributed by atoms with Gasteiger partial charge in [-0.3, -0.25) is 9.59 Å². The third kappa shape index (κ3) is 5.61. The Kier molecular flexibility index (Phi) is 9.26. The lowest BCUT2D eigenvalue weighted by molar-refractivity contribution is -0.188. The third-order valence-electron chi connectivity index (χ3n) is 10.4. The summed E-state index contributed by atoms with van der Waals surface area (Å²) in [5.41, 5.74) is 1.03. The van der Waals surface area contributed by atoms with Crippen LogP contribution in [0.4, 0.5) is 0 Å². The molecule has 1 amide bonds. The van der Waals surface area contributed by atoms with Gasteiger partial charge >= 0.3 is 5.97 Å². The second kappa shape index (κ2) is 13.8. The molecule has 5 atom stereocenters. The average Bonchev–Trinajstić information content (AvgIpc) is 3.76. The zero-order valence-corrected chi connectivity index (χ0v) is 29.2. The number of fused-ring (bicyclic) bond motifs is 2. The van der Waals surface area contributed by atoms with Crippen LogP contribution in [0, 0.1) is 17.3 Å². The van der Waals surface area contributed by atoms with Crippen molar-refractivity contribution >= 4 is 38.9 Å². The highest BCUT2D eigenvalue weighted by Gasteiger charge is 2.65. The molecule has 2 aliphatic rings. The van der Waals surface area contributed by atoms with Gasteiger partial charge in [0.05, 0.1) is 28.8 Å². The SMILES string of the molecule is C=Cc1c(C[C@]2(C(=O)OCc3ccccc3)C(=O)N3[C@H](OC[C@H]3c3ccccc3)[C@@H](CC)[C@H]2C=C)c2ccccc2n1S(=O)(=O)c1ccccc1. The summed E-state index contributed by atoms with van der Waals surface area (Å²) in [7, 11) is -4.13. The molecule has 0 bridgehead atoms. The highest BCUT2D eigenvalue weighted by atomic mass is 32.2. The zero-order valence-electron chi connectivity index (χ0n) is 28.4. The maximum atomic E-state index is 15.5. The third-order valence-corrected chi connectivity index (χ3v) is 12.2.